The summed E-state index contributed by atoms with van der Waals surface area (Å²) in [4.78, 5) is 11.9. The van der Waals surface area contributed by atoms with Crippen molar-refractivity contribution in [1.29, 1.82) is 5.26 Å². The Kier molecular flexibility index (Phi) is 9.98. The molecular weight excluding hydrogens is 302 g/mol. The van der Waals surface area contributed by atoms with Crippen molar-refractivity contribution in [2.75, 3.05) is 19.8 Å². The number of aryl methyl sites for hydroxylation is 1. The second-order valence-electron chi connectivity index (χ2n) is 5.62. The van der Waals surface area contributed by atoms with Crippen LogP contribution < -0.4 is 10.6 Å². The fourth-order valence-corrected chi connectivity index (χ4v) is 2.06. The van der Waals surface area contributed by atoms with Gasteiger partial charge in [0.05, 0.1) is 0 Å². The lowest BCUT2D eigenvalue weighted by atomic mass is 10.1. The number of benzene rings is 1. The minimum atomic E-state index is -0.359. The first-order chi connectivity index (χ1) is 11.7. The maximum Gasteiger partial charge on any atom is 0.263 e. The molecular formula is C19H27N3O2. The molecule has 0 aliphatic heterocycles. The second kappa shape index (κ2) is 12.1. The van der Waals surface area contributed by atoms with E-state index in [1.807, 2.05) is 31.2 Å². The molecule has 0 atom stereocenters. The van der Waals surface area contributed by atoms with Crippen molar-refractivity contribution in [3.63, 3.8) is 0 Å². The van der Waals surface area contributed by atoms with Crippen molar-refractivity contribution in [2.45, 2.75) is 39.7 Å². The summed E-state index contributed by atoms with van der Waals surface area (Å²) in [6.45, 7) is 6.60. The van der Waals surface area contributed by atoms with Gasteiger partial charge in [0.2, 0.25) is 0 Å². The van der Waals surface area contributed by atoms with Crippen LogP contribution in [0.1, 0.15) is 37.3 Å². The van der Waals surface area contributed by atoms with Gasteiger partial charge in [0.15, 0.2) is 0 Å². The number of hydrogen-bond donors (Lipinski definition) is 2. The first kappa shape index (κ1) is 19.7. The van der Waals surface area contributed by atoms with E-state index in [2.05, 4.69) is 23.6 Å². The Bertz CT molecular complexity index is 576. The number of nitrogens with one attached hydrogen (secondary N) is 2. The molecule has 1 aromatic rings. The monoisotopic (exact) mass is 329 g/mol. The molecule has 0 bridgehead atoms. The molecule has 2 N–H and O–H groups in total. The van der Waals surface area contributed by atoms with Gasteiger partial charge in [-0.25, -0.2) is 0 Å². The number of nitriles is 1. The van der Waals surface area contributed by atoms with Crippen LogP contribution in [0.3, 0.4) is 0 Å². The van der Waals surface area contributed by atoms with Gasteiger partial charge < -0.3 is 15.4 Å². The number of nitrogens with zero attached hydrogens (tertiary/aromatic N) is 1. The van der Waals surface area contributed by atoms with Crippen LogP contribution >= 0.6 is 0 Å². The zero-order chi connectivity index (χ0) is 17.6. The number of unbranched alkanes of at least 4 members (excludes halogenated alkanes) is 1. The summed E-state index contributed by atoms with van der Waals surface area (Å²) in [5.41, 5.74) is 2.36. The van der Waals surface area contributed by atoms with Gasteiger partial charge in [-0.3, -0.25) is 4.79 Å². The first-order valence-corrected chi connectivity index (χ1v) is 8.42. The Morgan fingerprint density at radius 3 is 2.83 bits per heavy atom. The molecule has 1 amide bonds. The first-order valence-electron chi connectivity index (χ1n) is 8.42. The quantitative estimate of drug-likeness (QED) is 0.372. The lowest BCUT2D eigenvalue weighted by Gasteiger charge is -2.06. The largest absolute Gasteiger partial charge is 0.386 e. The number of carbonyl (C=O) groups excluding carboxylic acids is 1. The Balaban J connectivity index is 2.28. The van der Waals surface area contributed by atoms with Crippen molar-refractivity contribution >= 4 is 5.91 Å². The molecule has 0 spiro atoms. The van der Waals surface area contributed by atoms with Crippen LogP contribution in [0.2, 0.25) is 0 Å². The Hall–Kier alpha value is -2.32. The highest BCUT2D eigenvalue weighted by Crippen LogP contribution is 2.03. The summed E-state index contributed by atoms with van der Waals surface area (Å²) in [7, 11) is 0. The van der Waals surface area contributed by atoms with Crippen LogP contribution in [0.4, 0.5) is 0 Å². The van der Waals surface area contributed by atoms with E-state index in [1.165, 1.54) is 11.8 Å². The van der Waals surface area contributed by atoms with E-state index in [4.69, 9.17) is 10.00 Å². The summed E-state index contributed by atoms with van der Waals surface area (Å²) in [6.07, 6.45) is 4.38. The minimum absolute atomic E-state index is 0.0783. The zero-order valence-corrected chi connectivity index (χ0v) is 14.6. The normalized spacial score (nSPS) is 11.0. The molecule has 0 radical (unpaired) electrons. The molecule has 0 fully saturated rings. The Labute approximate surface area is 144 Å². The van der Waals surface area contributed by atoms with E-state index in [0.29, 0.717) is 19.7 Å². The molecule has 5 nitrogen and oxygen atoms in total. The van der Waals surface area contributed by atoms with Gasteiger partial charge in [0, 0.05) is 32.5 Å². The maximum atomic E-state index is 11.9. The highest BCUT2D eigenvalue weighted by molar-refractivity contribution is 5.97. The van der Waals surface area contributed by atoms with E-state index < -0.39 is 0 Å². The molecule has 0 aromatic heterocycles. The van der Waals surface area contributed by atoms with Crippen molar-refractivity contribution in [3.8, 4) is 6.07 Å². The van der Waals surface area contributed by atoms with Gasteiger partial charge in [0.1, 0.15) is 11.6 Å². The van der Waals surface area contributed by atoms with Gasteiger partial charge in [-0.05, 0) is 25.3 Å². The zero-order valence-electron chi connectivity index (χ0n) is 14.6. The van der Waals surface area contributed by atoms with Gasteiger partial charge in [-0.15, -0.1) is 0 Å². The van der Waals surface area contributed by atoms with Gasteiger partial charge in [-0.1, -0.05) is 43.2 Å². The number of amides is 1. The molecule has 0 saturated heterocycles. The van der Waals surface area contributed by atoms with E-state index >= 15 is 0 Å². The van der Waals surface area contributed by atoms with Crippen LogP contribution in [0.25, 0.3) is 0 Å². The van der Waals surface area contributed by atoms with Crippen molar-refractivity contribution in [2.24, 2.45) is 0 Å². The van der Waals surface area contributed by atoms with E-state index in [1.54, 1.807) is 0 Å². The summed E-state index contributed by atoms with van der Waals surface area (Å²) in [6, 6.07) is 9.99. The molecule has 0 unspecified atom stereocenters. The van der Waals surface area contributed by atoms with Crippen LogP contribution in [0, 0.1) is 18.3 Å². The molecule has 24 heavy (non-hydrogen) atoms. The molecule has 5 heteroatoms. The Morgan fingerprint density at radius 1 is 1.33 bits per heavy atom. The number of rotatable bonds is 11. The average molecular weight is 329 g/mol. The predicted octanol–water partition coefficient (Wildman–Crippen LogP) is 2.82. The van der Waals surface area contributed by atoms with E-state index in [0.717, 1.165) is 31.4 Å². The van der Waals surface area contributed by atoms with Crippen molar-refractivity contribution < 1.29 is 9.53 Å². The molecule has 0 saturated carbocycles. The average Bonchev–Trinajstić information content (AvgIpc) is 2.58. The summed E-state index contributed by atoms with van der Waals surface area (Å²) >= 11 is 0. The lowest BCUT2D eigenvalue weighted by Crippen LogP contribution is -2.27. The third-order valence-electron chi connectivity index (χ3n) is 3.39. The summed E-state index contributed by atoms with van der Waals surface area (Å²) in [5.74, 6) is -0.359. The molecule has 130 valence electrons. The molecule has 1 rings (SSSR count). The molecule has 0 aliphatic carbocycles. The van der Waals surface area contributed by atoms with Crippen LogP contribution in [0.15, 0.2) is 36.0 Å². The maximum absolute atomic E-state index is 11.9. The van der Waals surface area contributed by atoms with Crippen molar-refractivity contribution in [1.82, 2.24) is 10.6 Å². The second-order valence-corrected chi connectivity index (χ2v) is 5.62. The van der Waals surface area contributed by atoms with Gasteiger partial charge >= 0.3 is 0 Å². The molecule has 0 heterocycles. The standard InChI is InChI=1S/C19H27N3O2/c1-3-4-10-24-11-6-9-22-19(23)18(13-20)15-21-14-17-8-5-7-16(2)12-17/h5,7-8,12,15,21H,3-4,6,9-11,14H2,1-2H3,(H,22,23)/b18-15-. The van der Waals surface area contributed by atoms with Crippen LogP contribution in [-0.4, -0.2) is 25.7 Å². The predicted molar refractivity (Wildman–Crippen MR) is 95.1 cm³/mol. The number of ether oxygens (including phenoxy) is 1. The smallest absolute Gasteiger partial charge is 0.263 e. The number of carbonyl (C=O) groups is 1. The molecule has 0 aliphatic rings. The van der Waals surface area contributed by atoms with E-state index in [9.17, 15) is 4.79 Å². The third kappa shape index (κ3) is 8.35. The lowest BCUT2D eigenvalue weighted by molar-refractivity contribution is -0.117. The van der Waals surface area contributed by atoms with Crippen molar-refractivity contribution in [3.05, 3.63) is 47.2 Å². The SMILES string of the molecule is CCCCOCCCNC(=O)/C(C#N)=C\NCc1cccc(C)c1. The van der Waals surface area contributed by atoms with Gasteiger partial charge in [0.25, 0.3) is 5.91 Å². The topological polar surface area (TPSA) is 74.1 Å². The van der Waals surface area contributed by atoms with Crippen LogP contribution in [0.5, 0.6) is 0 Å². The highest BCUT2D eigenvalue weighted by atomic mass is 16.5. The minimum Gasteiger partial charge on any atom is -0.386 e. The third-order valence-corrected chi connectivity index (χ3v) is 3.39. The Morgan fingerprint density at radius 2 is 2.12 bits per heavy atom. The fraction of sp³-hybridized carbons (Fsp3) is 0.474. The summed E-state index contributed by atoms with van der Waals surface area (Å²) < 4.78 is 5.42. The molecule has 1 aromatic carbocycles. The van der Waals surface area contributed by atoms with E-state index in [-0.39, 0.29) is 11.5 Å². The summed E-state index contributed by atoms with van der Waals surface area (Å²) in [5, 5.41) is 14.8. The number of hydrogen-bond acceptors (Lipinski definition) is 4. The van der Waals surface area contributed by atoms with Crippen LogP contribution in [-0.2, 0) is 16.1 Å². The fourth-order valence-electron chi connectivity index (χ4n) is 2.06. The highest BCUT2D eigenvalue weighted by Gasteiger charge is 2.07. The van der Waals surface area contributed by atoms with Gasteiger partial charge in [-0.2, -0.15) is 5.26 Å².